The molecule has 20 heavy (non-hydrogen) atoms. The van der Waals surface area contributed by atoms with Crippen LogP contribution in [0.2, 0.25) is 5.02 Å². The van der Waals surface area contributed by atoms with E-state index in [9.17, 15) is 0 Å². The number of aliphatic imine (C=N–C) groups is 1. The maximum absolute atomic E-state index is 5.86. The fourth-order valence-electron chi connectivity index (χ4n) is 2.30. The minimum absolute atomic E-state index is 0.365. The van der Waals surface area contributed by atoms with E-state index in [4.69, 9.17) is 22.1 Å². The Morgan fingerprint density at radius 1 is 1.10 bits per heavy atom. The van der Waals surface area contributed by atoms with Gasteiger partial charge in [-0.2, -0.15) is 0 Å². The van der Waals surface area contributed by atoms with Crippen LogP contribution in [0.4, 0.5) is 0 Å². The van der Waals surface area contributed by atoms with Gasteiger partial charge in [-0.1, -0.05) is 23.7 Å². The topological polar surface area (TPSA) is 47.6 Å². The predicted molar refractivity (Wildman–Crippen MR) is 81.8 cm³/mol. The lowest BCUT2D eigenvalue weighted by atomic mass is 9.97. The number of ether oxygens (including phenoxy) is 1. The van der Waals surface area contributed by atoms with Crippen molar-refractivity contribution in [2.24, 2.45) is 10.7 Å². The number of hydrogen-bond acceptors (Lipinski definition) is 3. The monoisotopic (exact) mass is 286 g/mol. The van der Waals surface area contributed by atoms with Crippen LogP contribution in [0.15, 0.2) is 53.5 Å². The van der Waals surface area contributed by atoms with Gasteiger partial charge in [-0.05, 0) is 42.0 Å². The summed E-state index contributed by atoms with van der Waals surface area (Å²) >= 11 is 5.86. The van der Waals surface area contributed by atoms with Gasteiger partial charge < -0.3 is 10.5 Å². The molecule has 3 rings (SSSR count). The molecule has 0 aromatic heterocycles. The highest BCUT2D eigenvalue weighted by Crippen LogP contribution is 2.29. The first-order valence-corrected chi connectivity index (χ1v) is 6.91. The lowest BCUT2D eigenvalue weighted by Crippen LogP contribution is -2.09. The van der Waals surface area contributed by atoms with E-state index in [1.807, 2.05) is 42.5 Å². The van der Waals surface area contributed by atoms with Crippen molar-refractivity contribution in [3.63, 3.8) is 0 Å². The van der Waals surface area contributed by atoms with Gasteiger partial charge in [0.15, 0.2) is 0 Å². The normalized spacial score (nSPS) is 17.9. The quantitative estimate of drug-likeness (QED) is 0.928. The van der Waals surface area contributed by atoms with E-state index in [1.165, 1.54) is 5.56 Å². The van der Waals surface area contributed by atoms with E-state index in [2.05, 4.69) is 11.1 Å². The van der Waals surface area contributed by atoms with Gasteiger partial charge in [-0.15, -0.1) is 0 Å². The zero-order valence-corrected chi connectivity index (χ0v) is 11.7. The molecule has 3 nitrogen and oxygen atoms in total. The molecule has 0 unspecified atom stereocenters. The van der Waals surface area contributed by atoms with E-state index in [0.29, 0.717) is 10.9 Å². The molecule has 4 heteroatoms. The Labute approximate surface area is 123 Å². The van der Waals surface area contributed by atoms with E-state index in [0.717, 1.165) is 30.3 Å². The Bertz CT molecular complexity index is 637. The van der Waals surface area contributed by atoms with Crippen LogP contribution in [0.25, 0.3) is 0 Å². The zero-order chi connectivity index (χ0) is 13.9. The van der Waals surface area contributed by atoms with Crippen molar-refractivity contribution >= 4 is 17.4 Å². The third-order valence-electron chi connectivity index (χ3n) is 3.35. The minimum atomic E-state index is 0.365. The van der Waals surface area contributed by atoms with Crippen LogP contribution in [-0.4, -0.2) is 12.4 Å². The van der Waals surface area contributed by atoms with Gasteiger partial charge in [-0.3, -0.25) is 4.99 Å². The molecule has 0 aliphatic carbocycles. The van der Waals surface area contributed by atoms with Crippen LogP contribution in [0.3, 0.4) is 0 Å². The van der Waals surface area contributed by atoms with Crippen molar-refractivity contribution in [1.29, 1.82) is 0 Å². The SMILES string of the molecule is NC1=NC[C@@H](c2cccc(Oc3ccc(Cl)cc3)c2)C1. The first-order valence-electron chi connectivity index (χ1n) is 6.53. The number of amidine groups is 1. The number of rotatable bonds is 3. The molecule has 2 aromatic rings. The van der Waals surface area contributed by atoms with Gasteiger partial charge >= 0.3 is 0 Å². The van der Waals surface area contributed by atoms with Crippen LogP contribution >= 0.6 is 11.6 Å². The molecular formula is C16H15ClN2O. The molecule has 102 valence electrons. The highest BCUT2D eigenvalue weighted by atomic mass is 35.5. The molecule has 0 saturated heterocycles. The molecule has 0 fully saturated rings. The molecule has 0 saturated carbocycles. The highest BCUT2D eigenvalue weighted by molar-refractivity contribution is 6.30. The molecular weight excluding hydrogens is 272 g/mol. The molecule has 1 aliphatic heterocycles. The molecule has 0 amide bonds. The second-order valence-corrected chi connectivity index (χ2v) is 5.30. The maximum atomic E-state index is 5.86. The van der Waals surface area contributed by atoms with Crippen molar-refractivity contribution in [3.05, 3.63) is 59.1 Å². The van der Waals surface area contributed by atoms with Gasteiger partial charge in [-0.25, -0.2) is 0 Å². The first kappa shape index (κ1) is 13.0. The summed E-state index contributed by atoms with van der Waals surface area (Å²) in [6, 6.07) is 15.4. The number of halogens is 1. The van der Waals surface area contributed by atoms with Crippen molar-refractivity contribution in [2.75, 3.05) is 6.54 Å². The third-order valence-corrected chi connectivity index (χ3v) is 3.60. The smallest absolute Gasteiger partial charge is 0.127 e. The number of nitrogens with two attached hydrogens (primary N) is 1. The molecule has 0 spiro atoms. The van der Waals surface area contributed by atoms with Crippen LogP contribution in [-0.2, 0) is 0 Å². The molecule has 1 heterocycles. The summed E-state index contributed by atoms with van der Waals surface area (Å²) in [7, 11) is 0. The first-order chi connectivity index (χ1) is 9.70. The average Bonchev–Trinajstić information content (AvgIpc) is 2.89. The zero-order valence-electron chi connectivity index (χ0n) is 10.9. The highest BCUT2D eigenvalue weighted by Gasteiger charge is 2.18. The summed E-state index contributed by atoms with van der Waals surface area (Å²) in [4.78, 5) is 4.26. The number of benzene rings is 2. The van der Waals surface area contributed by atoms with E-state index >= 15 is 0 Å². The second kappa shape index (κ2) is 5.55. The average molecular weight is 287 g/mol. The molecule has 2 N–H and O–H groups in total. The van der Waals surface area contributed by atoms with E-state index < -0.39 is 0 Å². The van der Waals surface area contributed by atoms with Crippen LogP contribution in [0.5, 0.6) is 11.5 Å². The standard InChI is InChI=1S/C16H15ClN2O/c17-13-4-6-14(7-5-13)20-15-3-1-2-11(8-15)12-9-16(18)19-10-12/h1-8,12H,9-10H2,(H2,18,19)/t12-/m0/s1. The Balaban J connectivity index is 1.76. The van der Waals surface area contributed by atoms with Crippen LogP contribution in [0, 0.1) is 0 Å². The van der Waals surface area contributed by atoms with Gasteiger partial charge in [0, 0.05) is 23.9 Å². The summed E-state index contributed by atoms with van der Waals surface area (Å²) < 4.78 is 5.83. The van der Waals surface area contributed by atoms with Crippen molar-refractivity contribution in [3.8, 4) is 11.5 Å². The molecule has 1 aliphatic rings. The van der Waals surface area contributed by atoms with Gasteiger partial charge in [0.1, 0.15) is 11.5 Å². The summed E-state index contributed by atoms with van der Waals surface area (Å²) in [5.41, 5.74) is 6.95. The van der Waals surface area contributed by atoms with Gasteiger partial charge in [0.05, 0.1) is 5.84 Å². The largest absolute Gasteiger partial charge is 0.457 e. The van der Waals surface area contributed by atoms with Gasteiger partial charge in [0.25, 0.3) is 0 Å². The molecule has 0 radical (unpaired) electrons. The third kappa shape index (κ3) is 2.94. The predicted octanol–water partition coefficient (Wildman–Crippen LogP) is 3.98. The fourth-order valence-corrected chi connectivity index (χ4v) is 2.43. The van der Waals surface area contributed by atoms with Crippen molar-refractivity contribution in [1.82, 2.24) is 0 Å². The van der Waals surface area contributed by atoms with Gasteiger partial charge in [0.2, 0.25) is 0 Å². The van der Waals surface area contributed by atoms with Crippen molar-refractivity contribution < 1.29 is 4.74 Å². The summed E-state index contributed by atoms with van der Waals surface area (Å²) in [6.07, 6.45) is 0.824. The van der Waals surface area contributed by atoms with E-state index in [1.54, 1.807) is 0 Å². The second-order valence-electron chi connectivity index (χ2n) is 4.86. The molecule has 0 bridgehead atoms. The van der Waals surface area contributed by atoms with Crippen LogP contribution < -0.4 is 10.5 Å². The Morgan fingerprint density at radius 2 is 1.90 bits per heavy atom. The van der Waals surface area contributed by atoms with E-state index in [-0.39, 0.29) is 0 Å². The lowest BCUT2D eigenvalue weighted by molar-refractivity contribution is 0.481. The maximum Gasteiger partial charge on any atom is 0.127 e. The molecule has 1 atom stereocenters. The van der Waals surface area contributed by atoms with Crippen molar-refractivity contribution in [2.45, 2.75) is 12.3 Å². The summed E-state index contributed by atoms with van der Waals surface area (Å²) in [6.45, 7) is 0.760. The fraction of sp³-hybridized carbons (Fsp3) is 0.188. The lowest BCUT2D eigenvalue weighted by Gasteiger charge is -2.11. The summed E-state index contributed by atoms with van der Waals surface area (Å²) in [5, 5.41) is 0.699. The Morgan fingerprint density at radius 3 is 2.60 bits per heavy atom. The Hall–Kier alpha value is -2.00. The molecule has 2 aromatic carbocycles. The minimum Gasteiger partial charge on any atom is -0.457 e. The summed E-state index contributed by atoms with van der Waals surface area (Å²) in [5.74, 6) is 2.69. The number of hydrogen-bond donors (Lipinski definition) is 1. The van der Waals surface area contributed by atoms with Crippen LogP contribution in [0.1, 0.15) is 17.9 Å². The number of nitrogens with zero attached hydrogens (tertiary/aromatic N) is 1. The Kier molecular flexibility index (Phi) is 3.61.